The highest BCUT2D eigenvalue weighted by atomic mass is 35.5. The summed E-state index contributed by atoms with van der Waals surface area (Å²) in [7, 11) is 0. The van der Waals surface area contributed by atoms with Crippen LogP contribution in [0.2, 0.25) is 5.02 Å². The number of aromatic nitrogens is 5. The van der Waals surface area contributed by atoms with E-state index < -0.39 is 6.36 Å². The summed E-state index contributed by atoms with van der Waals surface area (Å²) >= 11 is 6.17. The van der Waals surface area contributed by atoms with Gasteiger partial charge in [-0.15, -0.1) is 13.2 Å². The van der Waals surface area contributed by atoms with Gasteiger partial charge < -0.3 is 4.74 Å². The molecule has 34 heavy (non-hydrogen) atoms. The predicted molar refractivity (Wildman–Crippen MR) is 119 cm³/mol. The summed E-state index contributed by atoms with van der Waals surface area (Å²) in [5, 5.41) is 10.0. The number of halogens is 4. The minimum absolute atomic E-state index is 0.0996. The van der Waals surface area contributed by atoms with Gasteiger partial charge in [0.15, 0.2) is 5.69 Å². The molecule has 0 atom stereocenters. The summed E-state index contributed by atoms with van der Waals surface area (Å²) in [6.07, 6.45) is -0.204. The van der Waals surface area contributed by atoms with Gasteiger partial charge >= 0.3 is 6.36 Å². The van der Waals surface area contributed by atoms with E-state index in [0.29, 0.717) is 27.6 Å². The minimum Gasteiger partial charge on any atom is -0.406 e. The molecule has 0 unspecified atom stereocenters. The molecule has 2 aromatic carbocycles. The van der Waals surface area contributed by atoms with E-state index in [1.54, 1.807) is 41.2 Å². The highest BCUT2D eigenvalue weighted by Gasteiger charge is 2.31. The Morgan fingerprint density at radius 2 is 1.74 bits per heavy atom. The number of alkyl halides is 3. The molecular weight excluding hydrogens is 471 g/mol. The SMILES string of the molecule is O=c1ccn(-c2ccc(OC(F)(F)F)cc2)nc1-c1ccnn1-c1ccnc2ccc(Cl)cc12. The molecule has 170 valence electrons. The topological polar surface area (TPSA) is 74.8 Å². The first-order valence-corrected chi connectivity index (χ1v) is 10.2. The molecule has 0 fully saturated rings. The first kappa shape index (κ1) is 21.7. The zero-order valence-corrected chi connectivity index (χ0v) is 17.8. The first-order valence-electron chi connectivity index (χ1n) is 9.84. The number of fused-ring (bicyclic) bond motifs is 1. The van der Waals surface area contributed by atoms with Gasteiger partial charge in [0.25, 0.3) is 0 Å². The molecule has 0 spiro atoms. The largest absolute Gasteiger partial charge is 0.573 e. The third kappa shape index (κ3) is 4.23. The van der Waals surface area contributed by atoms with Gasteiger partial charge in [0.1, 0.15) is 5.75 Å². The molecule has 11 heteroatoms. The number of ether oxygens (including phenoxy) is 1. The van der Waals surface area contributed by atoms with Gasteiger partial charge in [-0.1, -0.05) is 11.6 Å². The summed E-state index contributed by atoms with van der Waals surface area (Å²) in [6, 6.07) is 15.1. The average molecular weight is 484 g/mol. The van der Waals surface area contributed by atoms with Gasteiger partial charge in [-0.3, -0.25) is 9.78 Å². The first-order chi connectivity index (χ1) is 16.3. The standard InChI is InChI=1S/C23H13ClF3N5O2/c24-14-1-6-18-17(13-14)19(7-10-28-18)32-20(8-11-29-32)22-21(33)9-12-31(30-22)15-2-4-16(5-3-15)34-23(25,26)27/h1-13H. The van der Waals surface area contributed by atoms with Gasteiger partial charge in [0, 0.05) is 28.9 Å². The number of pyridine rings is 1. The molecule has 5 aromatic rings. The molecule has 0 aliphatic carbocycles. The second-order valence-electron chi connectivity index (χ2n) is 7.13. The summed E-state index contributed by atoms with van der Waals surface area (Å²) < 4.78 is 44.1. The smallest absolute Gasteiger partial charge is 0.406 e. The molecule has 3 aromatic heterocycles. The molecule has 0 bridgehead atoms. The van der Waals surface area contributed by atoms with Crippen molar-refractivity contribution < 1.29 is 17.9 Å². The summed E-state index contributed by atoms with van der Waals surface area (Å²) in [6.45, 7) is 0. The van der Waals surface area contributed by atoms with Gasteiger partial charge in [-0.05, 0) is 54.6 Å². The van der Waals surface area contributed by atoms with Crippen LogP contribution in [0.4, 0.5) is 13.2 Å². The van der Waals surface area contributed by atoms with Crippen molar-refractivity contribution in [2.24, 2.45) is 0 Å². The van der Waals surface area contributed by atoms with E-state index in [1.165, 1.54) is 47.4 Å². The number of benzene rings is 2. The van der Waals surface area contributed by atoms with Crippen molar-refractivity contribution in [1.82, 2.24) is 24.5 Å². The third-order valence-corrected chi connectivity index (χ3v) is 5.17. The number of hydrogen-bond donors (Lipinski definition) is 0. The maximum Gasteiger partial charge on any atom is 0.573 e. The zero-order valence-electron chi connectivity index (χ0n) is 17.1. The number of nitrogens with zero attached hydrogens (tertiary/aromatic N) is 5. The maximum absolute atomic E-state index is 12.7. The van der Waals surface area contributed by atoms with Crippen LogP contribution in [0.1, 0.15) is 0 Å². The van der Waals surface area contributed by atoms with E-state index >= 15 is 0 Å². The van der Waals surface area contributed by atoms with Crippen molar-refractivity contribution >= 4 is 22.5 Å². The van der Waals surface area contributed by atoms with Crippen molar-refractivity contribution in [2.45, 2.75) is 6.36 Å². The Bertz CT molecular complexity index is 1560. The fraction of sp³-hybridized carbons (Fsp3) is 0.0435. The summed E-state index contributed by atoms with van der Waals surface area (Å²) in [5.41, 5.74) is 1.95. The van der Waals surface area contributed by atoms with Crippen LogP contribution in [0.25, 0.3) is 33.7 Å². The van der Waals surface area contributed by atoms with E-state index in [-0.39, 0.29) is 16.9 Å². The van der Waals surface area contributed by atoms with Crippen molar-refractivity contribution in [1.29, 1.82) is 0 Å². The van der Waals surface area contributed by atoms with E-state index in [4.69, 9.17) is 11.6 Å². The summed E-state index contributed by atoms with van der Waals surface area (Å²) in [5.74, 6) is -0.362. The minimum atomic E-state index is -4.79. The van der Waals surface area contributed by atoms with Crippen LogP contribution < -0.4 is 10.2 Å². The van der Waals surface area contributed by atoms with Crippen molar-refractivity contribution in [3.63, 3.8) is 0 Å². The Hall–Kier alpha value is -4.18. The van der Waals surface area contributed by atoms with Crippen LogP contribution in [-0.4, -0.2) is 30.9 Å². The highest BCUT2D eigenvalue weighted by molar-refractivity contribution is 6.31. The molecule has 0 aliphatic heterocycles. The third-order valence-electron chi connectivity index (χ3n) is 4.94. The number of hydrogen-bond acceptors (Lipinski definition) is 5. The van der Waals surface area contributed by atoms with Crippen LogP contribution in [0.15, 0.2) is 84.0 Å². The Morgan fingerprint density at radius 3 is 2.50 bits per heavy atom. The second kappa shape index (κ2) is 8.31. The fourth-order valence-corrected chi connectivity index (χ4v) is 3.66. The Morgan fingerprint density at radius 1 is 0.941 bits per heavy atom. The van der Waals surface area contributed by atoms with Gasteiger partial charge in [0.2, 0.25) is 5.43 Å². The van der Waals surface area contributed by atoms with Gasteiger partial charge in [-0.25, -0.2) is 9.36 Å². The van der Waals surface area contributed by atoms with Crippen LogP contribution in [-0.2, 0) is 0 Å². The highest BCUT2D eigenvalue weighted by Crippen LogP contribution is 2.27. The lowest BCUT2D eigenvalue weighted by Crippen LogP contribution is -2.17. The van der Waals surface area contributed by atoms with Crippen molar-refractivity contribution in [3.05, 3.63) is 94.5 Å². The second-order valence-corrected chi connectivity index (χ2v) is 7.57. The molecule has 7 nitrogen and oxygen atoms in total. The van der Waals surface area contributed by atoms with E-state index in [9.17, 15) is 18.0 Å². The lowest BCUT2D eigenvalue weighted by molar-refractivity contribution is -0.274. The van der Waals surface area contributed by atoms with E-state index in [0.717, 1.165) is 5.39 Å². The molecule has 0 radical (unpaired) electrons. The molecule has 5 rings (SSSR count). The molecule has 0 aliphatic rings. The lowest BCUT2D eigenvalue weighted by atomic mass is 10.2. The number of rotatable bonds is 4. The van der Waals surface area contributed by atoms with Crippen LogP contribution >= 0.6 is 11.6 Å². The molecule has 0 N–H and O–H groups in total. The Kier molecular flexibility index (Phi) is 5.29. The molecule has 0 saturated carbocycles. The van der Waals surface area contributed by atoms with Crippen molar-refractivity contribution in [2.75, 3.05) is 0 Å². The predicted octanol–water partition coefficient (Wildman–Crippen LogP) is 5.19. The van der Waals surface area contributed by atoms with E-state index in [1.807, 2.05) is 0 Å². The molecular formula is C23H13ClF3N5O2. The van der Waals surface area contributed by atoms with Crippen LogP contribution in [0.3, 0.4) is 0 Å². The maximum atomic E-state index is 12.7. The van der Waals surface area contributed by atoms with Gasteiger partial charge in [0.05, 0.1) is 28.8 Å². The monoisotopic (exact) mass is 483 g/mol. The Labute approximate surface area is 194 Å². The zero-order chi connectivity index (χ0) is 23.9. The Balaban J connectivity index is 1.58. The van der Waals surface area contributed by atoms with Crippen molar-refractivity contribution in [3.8, 4) is 28.5 Å². The molecule has 3 heterocycles. The lowest BCUT2D eigenvalue weighted by Gasteiger charge is -2.12. The quantitative estimate of drug-likeness (QED) is 0.352. The van der Waals surface area contributed by atoms with Gasteiger partial charge in [-0.2, -0.15) is 10.2 Å². The fourth-order valence-electron chi connectivity index (χ4n) is 3.49. The molecule has 0 saturated heterocycles. The average Bonchev–Trinajstić information content (AvgIpc) is 3.28. The van der Waals surface area contributed by atoms with E-state index in [2.05, 4.69) is 19.9 Å². The molecule has 0 amide bonds. The van der Waals surface area contributed by atoms with Crippen LogP contribution in [0, 0.1) is 0 Å². The van der Waals surface area contributed by atoms with Crippen LogP contribution in [0.5, 0.6) is 5.75 Å². The normalized spacial score (nSPS) is 11.6. The summed E-state index contributed by atoms with van der Waals surface area (Å²) in [4.78, 5) is 17.1.